The number of halogens is 1. The maximum atomic E-state index is 12.8. The number of hydrogen-bond donors (Lipinski definition) is 2. The summed E-state index contributed by atoms with van der Waals surface area (Å²) in [7, 11) is 1.29. The lowest BCUT2D eigenvalue weighted by Crippen LogP contribution is -2.58. The van der Waals surface area contributed by atoms with Gasteiger partial charge in [-0.25, -0.2) is 4.79 Å². The van der Waals surface area contributed by atoms with E-state index in [1.807, 2.05) is 30.9 Å². The summed E-state index contributed by atoms with van der Waals surface area (Å²) in [5, 5.41) is 8.32. The van der Waals surface area contributed by atoms with E-state index in [1.54, 1.807) is 17.5 Å². The van der Waals surface area contributed by atoms with Crippen LogP contribution < -0.4 is 10.6 Å². The average molecular weight is 450 g/mol. The average Bonchev–Trinajstić information content (AvgIpc) is 3.10. The Hall–Kier alpha value is -2.42. The lowest BCUT2D eigenvalue weighted by molar-refractivity contribution is -0.132. The summed E-state index contributed by atoms with van der Waals surface area (Å²) in [4.78, 5) is 39.3. The van der Waals surface area contributed by atoms with Crippen LogP contribution in [0, 0.1) is 5.92 Å². The van der Waals surface area contributed by atoms with E-state index in [-0.39, 0.29) is 35.9 Å². The summed E-state index contributed by atoms with van der Waals surface area (Å²) >= 11 is 7.53. The number of piperazine rings is 1. The second-order valence-corrected chi connectivity index (χ2v) is 8.61. The molecule has 1 saturated heterocycles. The van der Waals surface area contributed by atoms with E-state index in [0.29, 0.717) is 34.2 Å². The van der Waals surface area contributed by atoms with E-state index < -0.39 is 5.97 Å². The van der Waals surface area contributed by atoms with Crippen LogP contribution in [0.25, 0.3) is 11.1 Å². The minimum Gasteiger partial charge on any atom is -0.465 e. The van der Waals surface area contributed by atoms with Crippen molar-refractivity contribution in [1.82, 2.24) is 10.2 Å². The first kappa shape index (κ1) is 22.3. The van der Waals surface area contributed by atoms with Gasteiger partial charge in [0, 0.05) is 34.6 Å². The molecule has 2 N–H and O–H groups in total. The summed E-state index contributed by atoms with van der Waals surface area (Å²) in [6.45, 7) is 5.03. The molecule has 1 aliphatic rings. The maximum Gasteiger partial charge on any atom is 0.341 e. The van der Waals surface area contributed by atoms with Crippen LogP contribution in [0.15, 0.2) is 29.6 Å². The zero-order chi connectivity index (χ0) is 21.8. The van der Waals surface area contributed by atoms with Gasteiger partial charge in [0.2, 0.25) is 11.8 Å². The molecule has 0 spiro atoms. The summed E-state index contributed by atoms with van der Waals surface area (Å²) in [6, 6.07) is 6.81. The first-order valence-electron chi connectivity index (χ1n) is 9.59. The zero-order valence-electron chi connectivity index (χ0n) is 17.0. The van der Waals surface area contributed by atoms with E-state index in [2.05, 4.69) is 10.6 Å². The number of esters is 1. The van der Waals surface area contributed by atoms with Crippen molar-refractivity contribution < 1.29 is 19.1 Å². The molecule has 0 aliphatic carbocycles. The van der Waals surface area contributed by atoms with Gasteiger partial charge in [-0.05, 0) is 12.0 Å². The Bertz CT molecular complexity index is 959. The van der Waals surface area contributed by atoms with Crippen LogP contribution >= 0.6 is 22.9 Å². The van der Waals surface area contributed by atoms with Gasteiger partial charge in [-0.3, -0.25) is 14.5 Å². The molecule has 0 bridgehead atoms. The molecule has 9 heteroatoms. The number of rotatable bonds is 6. The smallest absolute Gasteiger partial charge is 0.341 e. The first-order valence-corrected chi connectivity index (χ1v) is 10.9. The van der Waals surface area contributed by atoms with Gasteiger partial charge in [-0.1, -0.05) is 43.6 Å². The fourth-order valence-corrected chi connectivity index (χ4v) is 4.82. The van der Waals surface area contributed by atoms with Crippen molar-refractivity contribution in [3.05, 3.63) is 40.2 Å². The van der Waals surface area contributed by atoms with E-state index in [4.69, 9.17) is 16.3 Å². The van der Waals surface area contributed by atoms with Crippen molar-refractivity contribution in [1.29, 1.82) is 0 Å². The number of thiophene rings is 1. The van der Waals surface area contributed by atoms with Gasteiger partial charge in [0.25, 0.3) is 0 Å². The third-order valence-corrected chi connectivity index (χ3v) is 6.16. The van der Waals surface area contributed by atoms with Gasteiger partial charge < -0.3 is 15.4 Å². The minimum absolute atomic E-state index is 0.0518. The van der Waals surface area contributed by atoms with Crippen LogP contribution in [0.5, 0.6) is 0 Å². The predicted octanol–water partition coefficient (Wildman–Crippen LogP) is 3.25. The molecule has 2 aromatic rings. The van der Waals surface area contributed by atoms with E-state index in [0.717, 1.165) is 0 Å². The van der Waals surface area contributed by atoms with Gasteiger partial charge in [0.1, 0.15) is 10.6 Å². The highest BCUT2D eigenvalue weighted by atomic mass is 35.5. The maximum absolute atomic E-state index is 12.8. The molecule has 1 aliphatic heterocycles. The largest absolute Gasteiger partial charge is 0.465 e. The van der Waals surface area contributed by atoms with Gasteiger partial charge in [0.15, 0.2) is 0 Å². The molecular weight excluding hydrogens is 426 g/mol. The van der Waals surface area contributed by atoms with Crippen LogP contribution in [0.2, 0.25) is 5.02 Å². The van der Waals surface area contributed by atoms with Crippen LogP contribution in [0.3, 0.4) is 0 Å². The molecule has 0 radical (unpaired) electrons. The Kier molecular flexibility index (Phi) is 7.12. The van der Waals surface area contributed by atoms with E-state index >= 15 is 0 Å². The fraction of sp³-hybridized carbons (Fsp3) is 0.381. The molecular formula is C21H24ClN3O4S. The monoisotopic (exact) mass is 449 g/mol. The van der Waals surface area contributed by atoms with Crippen molar-refractivity contribution in [3.8, 4) is 11.1 Å². The molecule has 1 atom stereocenters. The number of amides is 2. The number of ether oxygens (including phenoxy) is 1. The Labute approximate surface area is 184 Å². The molecule has 2 heterocycles. The van der Waals surface area contributed by atoms with Gasteiger partial charge in [0.05, 0.1) is 19.7 Å². The van der Waals surface area contributed by atoms with Crippen LogP contribution in [-0.2, 0) is 14.3 Å². The zero-order valence-corrected chi connectivity index (χ0v) is 18.6. The van der Waals surface area contributed by atoms with E-state index in [9.17, 15) is 14.4 Å². The standard InChI is InChI=1S/C21H24ClN3O4S/c1-12(2)18-19(27)23-8-9-25(18)10-16(26)24-20-17(21(28)29-3)14(11-30-20)13-6-4-5-7-15(13)22/h4-7,11-12,18H,8-10H2,1-3H3,(H,23,27)(H,24,26). The summed E-state index contributed by atoms with van der Waals surface area (Å²) in [6.07, 6.45) is 0. The van der Waals surface area contributed by atoms with Crippen LogP contribution in [0.1, 0.15) is 24.2 Å². The predicted molar refractivity (Wildman–Crippen MR) is 118 cm³/mol. The van der Waals surface area contributed by atoms with Crippen LogP contribution in [0.4, 0.5) is 5.00 Å². The normalized spacial score (nSPS) is 17.0. The van der Waals surface area contributed by atoms with Gasteiger partial charge >= 0.3 is 5.97 Å². The molecule has 0 saturated carbocycles. The van der Waals surface area contributed by atoms with Gasteiger partial charge in [-0.15, -0.1) is 11.3 Å². The number of nitrogens with zero attached hydrogens (tertiary/aromatic N) is 1. The highest BCUT2D eigenvalue weighted by Crippen LogP contribution is 2.39. The summed E-state index contributed by atoms with van der Waals surface area (Å²) in [5.74, 6) is -0.860. The number of carbonyl (C=O) groups is 3. The molecule has 30 heavy (non-hydrogen) atoms. The molecule has 2 amide bonds. The van der Waals surface area contributed by atoms with Gasteiger partial charge in [-0.2, -0.15) is 0 Å². The molecule has 1 fully saturated rings. The first-order chi connectivity index (χ1) is 14.3. The Morgan fingerprint density at radius 3 is 2.73 bits per heavy atom. The second kappa shape index (κ2) is 9.59. The van der Waals surface area contributed by atoms with Crippen molar-refractivity contribution in [2.75, 3.05) is 32.1 Å². The number of nitrogens with one attached hydrogen (secondary N) is 2. The third-order valence-electron chi connectivity index (χ3n) is 4.94. The number of anilines is 1. The Balaban J connectivity index is 1.84. The SMILES string of the molecule is COC(=O)c1c(-c2ccccc2Cl)csc1NC(=O)CN1CCNC(=O)C1C(C)C. The third kappa shape index (κ3) is 4.66. The highest BCUT2D eigenvalue weighted by molar-refractivity contribution is 7.15. The molecule has 1 unspecified atom stereocenters. The number of benzene rings is 1. The lowest BCUT2D eigenvalue weighted by atomic mass is 9.99. The summed E-state index contributed by atoms with van der Waals surface area (Å²) < 4.78 is 4.94. The number of carbonyl (C=O) groups excluding carboxylic acids is 3. The molecule has 7 nitrogen and oxygen atoms in total. The quantitative estimate of drug-likeness (QED) is 0.661. The molecule has 3 rings (SSSR count). The van der Waals surface area contributed by atoms with Crippen molar-refractivity contribution >= 4 is 45.7 Å². The van der Waals surface area contributed by atoms with Crippen molar-refractivity contribution in [2.45, 2.75) is 19.9 Å². The molecule has 160 valence electrons. The highest BCUT2D eigenvalue weighted by Gasteiger charge is 2.33. The lowest BCUT2D eigenvalue weighted by Gasteiger charge is -2.36. The topological polar surface area (TPSA) is 87.7 Å². The Morgan fingerprint density at radius 2 is 2.07 bits per heavy atom. The van der Waals surface area contributed by atoms with Crippen molar-refractivity contribution in [2.24, 2.45) is 5.92 Å². The Morgan fingerprint density at radius 1 is 1.33 bits per heavy atom. The molecule has 1 aromatic heterocycles. The van der Waals surface area contributed by atoms with Crippen molar-refractivity contribution in [3.63, 3.8) is 0 Å². The van der Waals surface area contributed by atoms with E-state index in [1.165, 1.54) is 18.4 Å². The number of methoxy groups -OCH3 is 1. The van der Waals surface area contributed by atoms with Crippen LogP contribution in [-0.4, -0.2) is 55.5 Å². The number of hydrogen-bond acceptors (Lipinski definition) is 6. The minimum atomic E-state index is -0.557. The summed E-state index contributed by atoms with van der Waals surface area (Å²) in [5.41, 5.74) is 1.55. The second-order valence-electron chi connectivity index (χ2n) is 7.32. The molecule has 1 aromatic carbocycles. The fourth-order valence-electron chi connectivity index (χ4n) is 3.62.